The smallest absolute Gasteiger partial charge is 0.344 e. The molecule has 0 fully saturated rings. The van der Waals surface area contributed by atoms with E-state index >= 15 is 0 Å². The summed E-state index contributed by atoms with van der Waals surface area (Å²) in [6.07, 6.45) is -11.7. The molecule has 0 saturated carbocycles. The number of rotatable bonds is 3. The van der Waals surface area contributed by atoms with E-state index in [9.17, 15) is 35.1 Å². The van der Waals surface area contributed by atoms with E-state index in [0.717, 1.165) is 0 Å². The van der Waals surface area contributed by atoms with Crippen molar-refractivity contribution in [3.8, 4) is 0 Å². The second kappa shape index (κ2) is 5.40. The zero-order chi connectivity index (χ0) is 15.8. The molecule has 0 heterocycles. The summed E-state index contributed by atoms with van der Waals surface area (Å²) in [6, 6.07) is 1.65. The van der Waals surface area contributed by atoms with Crippen molar-refractivity contribution in [2.75, 3.05) is 0 Å². The summed E-state index contributed by atoms with van der Waals surface area (Å²) in [7, 11) is 0. The van der Waals surface area contributed by atoms with E-state index in [1.165, 1.54) is 0 Å². The van der Waals surface area contributed by atoms with Crippen LogP contribution < -0.4 is 0 Å². The minimum atomic E-state index is -5.87. The van der Waals surface area contributed by atoms with Crippen LogP contribution in [-0.4, -0.2) is 17.3 Å². The molecule has 0 saturated heterocycles. The maximum Gasteiger partial charge on any atom is 0.436 e. The molecule has 0 bridgehead atoms. The number of halogens is 8. The highest BCUT2D eigenvalue weighted by molar-refractivity contribution is 7.81. The quantitative estimate of drug-likeness (QED) is 0.497. The Morgan fingerprint density at radius 1 is 0.950 bits per heavy atom. The van der Waals surface area contributed by atoms with Gasteiger partial charge in [-0.1, -0.05) is 6.07 Å². The molecule has 0 aliphatic carbocycles. The summed E-state index contributed by atoms with van der Waals surface area (Å²) in [5.41, 5.74) is -0.668. The Labute approximate surface area is 112 Å². The van der Waals surface area contributed by atoms with Crippen molar-refractivity contribution in [3.05, 3.63) is 35.4 Å². The fourth-order valence-corrected chi connectivity index (χ4v) is 1.21. The number of ether oxygens (including phenoxy) is 1. The van der Waals surface area contributed by atoms with Crippen LogP contribution in [0.15, 0.2) is 18.2 Å². The van der Waals surface area contributed by atoms with Gasteiger partial charge in [0.05, 0.1) is 6.61 Å². The lowest BCUT2D eigenvalue weighted by Gasteiger charge is -2.32. The number of hydrogen-bond acceptors (Lipinski definition) is 2. The first kappa shape index (κ1) is 17.0. The van der Waals surface area contributed by atoms with Crippen LogP contribution in [0.4, 0.5) is 35.1 Å². The third-order valence-electron chi connectivity index (χ3n) is 2.22. The van der Waals surface area contributed by atoms with Gasteiger partial charge >= 0.3 is 17.3 Å². The van der Waals surface area contributed by atoms with Crippen LogP contribution in [0.1, 0.15) is 5.56 Å². The predicted octanol–water partition coefficient (Wildman–Crippen LogP) is 4.23. The van der Waals surface area contributed by atoms with Crippen molar-refractivity contribution < 1.29 is 39.9 Å². The molecule has 1 aromatic rings. The van der Waals surface area contributed by atoms with Gasteiger partial charge in [-0.2, -0.15) is 26.3 Å². The van der Waals surface area contributed by atoms with Crippen LogP contribution >= 0.6 is 12.6 Å². The van der Waals surface area contributed by atoms with Crippen molar-refractivity contribution in [2.24, 2.45) is 0 Å². The molecule has 0 unspecified atom stereocenters. The van der Waals surface area contributed by atoms with E-state index in [-0.39, 0.29) is 0 Å². The van der Waals surface area contributed by atoms with Crippen LogP contribution in [0.2, 0.25) is 0 Å². The molecule has 0 aliphatic heterocycles. The average Bonchev–Trinajstić information content (AvgIpc) is 2.24. The highest BCUT2D eigenvalue weighted by Crippen LogP contribution is 2.48. The summed E-state index contributed by atoms with van der Waals surface area (Å²) in [6.45, 7) is -1.38. The minimum absolute atomic E-state index is 0.306. The molecule has 1 aromatic carbocycles. The Hall–Kier alpha value is -1.03. The SMILES string of the molecule is Fc1ccc(COC(S)(C(F)(F)F)C(F)(F)F)c(F)c1. The highest BCUT2D eigenvalue weighted by Gasteiger charge is 2.70. The maximum absolute atomic E-state index is 13.1. The number of hydrogen-bond donors (Lipinski definition) is 1. The van der Waals surface area contributed by atoms with E-state index in [1.54, 1.807) is 0 Å². The van der Waals surface area contributed by atoms with Crippen molar-refractivity contribution in [1.82, 2.24) is 0 Å². The Morgan fingerprint density at radius 2 is 1.45 bits per heavy atom. The lowest BCUT2D eigenvalue weighted by molar-refractivity contribution is -0.342. The Balaban J connectivity index is 2.99. The fourth-order valence-electron chi connectivity index (χ4n) is 1.15. The molecule has 114 valence electrons. The zero-order valence-electron chi connectivity index (χ0n) is 9.32. The monoisotopic (exact) mass is 326 g/mol. The summed E-state index contributed by atoms with van der Waals surface area (Å²) in [4.78, 5) is -4.75. The summed E-state index contributed by atoms with van der Waals surface area (Å²) >= 11 is 2.50. The second-order valence-electron chi connectivity index (χ2n) is 3.66. The Morgan fingerprint density at radius 3 is 1.85 bits per heavy atom. The van der Waals surface area contributed by atoms with Gasteiger partial charge in [0.15, 0.2) is 0 Å². The first-order valence-corrected chi connectivity index (χ1v) is 5.27. The van der Waals surface area contributed by atoms with Gasteiger partial charge in [0, 0.05) is 11.6 Å². The summed E-state index contributed by atoms with van der Waals surface area (Å²) in [5, 5.41) is 0. The third kappa shape index (κ3) is 3.35. The van der Waals surface area contributed by atoms with E-state index < -0.39 is 41.1 Å². The van der Waals surface area contributed by atoms with Gasteiger partial charge in [-0.05, 0) is 6.07 Å². The van der Waals surface area contributed by atoms with Gasteiger partial charge in [-0.15, -0.1) is 12.6 Å². The van der Waals surface area contributed by atoms with Crippen LogP contribution in [0.5, 0.6) is 0 Å². The Kier molecular flexibility index (Phi) is 4.59. The van der Waals surface area contributed by atoms with Gasteiger partial charge in [-0.3, -0.25) is 0 Å². The second-order valence-corrected chi connectivity index (χ2v) is 4.29. The molecule has 0 radical (unpaired) electrons. The maximum atomic E-state index is 13.1. The van der Waals surface area contributed by atoms with E-state index in [2.05, 4.69) is 17.4 Å². The molecule has 20 heavy (non-hydrogen) atoms. The third-order valence-corrected chi connectivity index (χ3v) is 2.86. The van der Waals surface area contributed by atoms with Gasteiger partial charge in [0.2, 0.25) is 0 Å². The van der Waals surface area contributed by atoms with E-state index in [1.807, 2.05) is 0 Å². The molecule has 0 amide bonds. The summed E-state index contributed by atoms with van der Waals surface area (Å²) < 4.78 is 104. The number of thiol groups is 1. The molecular formula is C10H6F8OS. The first-order valence-electron chi connectivity index (χ1n) is 4.82. The predicted molar refractivity (Wildman–Crippen MR) is 55.0 cm³/mol. The molecule has 1 rings (SSSR count). The fraction of sp³-hybridized carbons (Fsp3) is 0.400. The van der Waals surface area contributed by atoms with Gasteiger partial charge in [-0.25, -0.2) is 8.78 Å². The Bertz CT molecular complexity index is 467. The van der Waals surface area contributed by atoms with Crippen LogP contribution in [0.3, 0.4) is 0 Å². The van der Waals surface area contributed by atoms with Crippen LogP contribution in [-0.2, 0) is 11.3 Å². The van der Waals surface area contributed by atoms with Gasteiger partial charge in [0.25, 0.3) is 0 Å². The molecule has 0 aromatic heterocycles. The lowest BCUT2D eigenvalue weighted by Crippen LogP contribution is -2.54. The minimum Gasteiger partial charge on any atom is -0.344 e. The van der Waals surface area contributed by atoms with E-state index in [4.69, 9.17) is 0 Å². The van der Waals surface area contributed by atoms with E-state index in [0.29, 0.717) is 18.2 Å². The molecule has 10 heteroatoms. The lowest BCUT2D eigenvalue weighted by atomic mass is 10.2. The average molecular weight is 326 g/mol. The summed E-state index contributed by atoms with van der Waals surface area (Å²) in [5.74, 6) is -2.36. The van der Waals surface area contributed by atoms with Crippen molar-refractivity contribution in [2.45, 2.75) is 23.9 Å². The van der Waals surface area contributed by atoms with Crippen molar-refractivity contribution in [3.63, 3.8) is 0 Å². The molecular weight excluding hydrogens is 320 g/mol. The van der Waals surface area contributed by atoms with Crippen LogP contribution in [0, 0.1) is 11.6 Å². The molecule has 0 aliphatic rings. The largest absolute Gasteiger partial charge is 0.436 e. The van der Waals surface area contributed by atoms with Gasteiger partial charge < -0.3 is 4.74 Å². The van der Waals surface area contributed by atoms with Crippen LogP contribution in [0.25, 0.3) is 0 Å². The first-order chi connectivity index (χ1) is 8.88. The van der Waals surface area contributed by atoms with Gasteiger partial charge in [0.1, 0.15) is 11.6 Å². The molecule has 0 atom stereocenters. The molecule has 1 nitrogen and oxygen atoms in total. The van der Waals surface area contributed by atoms with Crippen molar-refractivity contribution in [1.29, 1.82) is 0 Å². The van der Waals surface area contributed by atoms with Crippen molar-refractivity contribution >= 4 is 12.6 Å². The topological polar surface area (TPSA) is 9.23 Å². The number of benzene rings is 1. The zero-order valence-corrected chi connectivity index (χ0v) is 10.2. The molecule has 0 N–H and O–H groups in total. The molecule has 0 spiro atoms. The normalized spacial score (nSPS) is 13.7. The highest BCUT2D eigenvalue weighted by atomic mass is 32.1. The standard InChI is InChI=1S/C10H6F8OS/c11-6-2-1-5(7(12)3-6)4-19-8(20,9(13,14)15)10(16,17)18/h1-3,20H,4H2. The number of alkyl halides is 6.